The number of hydrogen-bond acceptors (Lipinski definition) is 6. The molecule has 0 fully saturated rings. The lowest BCUT2D eigenvalue weighted by molar-refractivity contribution is -0.140. The Morgan fingerprint density at radius 1 is 1.11 bits per heavy atom. The lowest BCUT2D eigenvalue weighted by atomic mass is 9.80. The summed E-state index contributed by atoms with van der Waals surface area (Å²) in [5.74, 6) is -4.16. The number of aliphatic hydroxyl groups excluding tert-OH is 1. The molecule has 2 aromatic carbocycles. The molecule has 1 aromatic heterocycles. The van der Waals surface area contributed by atoms with E-state index in [-0.39, 0.29) is 41.3 Å². The molecule has 0 spiro atoms. The van der Waals surface area contributed by atoms with Gasteiger partial charge in [-0.25, -0.2) is 18.2 Å². The van der Waals surface area contributed by atoms with Crippen LogP contribution in [0, 0.1) is 17.5 Å². The first kappa shape index (κ1) is 25.9. The van der Waals surface area contributed by atoms with Crippen LogP contribution in [0.15, 0.2) is 42.5 Å². The average molecular weight is 513 g/mol. The van der Waals surface area contributed by atoms with Crippen LogP contribution in [-0.2, 0) is 17.2 Å². The van der Waals surface area contributed by atoms with Crippen LogP contribution in [0.3, 0.4) is 0 Å². The maximum absolute atomic E-state index is 14.9. The summed E-state index contributed by atoms with van der Waals surface area (Å²) in [7, 11) is 0. The van der Waals surface area contributed by atoms with E-state index < -0.39 is 64.2 Å². The van der Waals surface area contributed by atoms with Gasteiger partial charge in [0.25, 0.3) is 0 Å². The van der Waals surface area contributed by atoms with Crippen molar-refractivity contribution in [2.75, 3.05) is 13.2 Å². The lowest BCUT2D eigenvalue weighted by Crippen LogP contribution is -2.44. The minimum absolute atomic E-state index is 0.0483. The van der Waals surface area contributed by atoms with Crippen LogP contribution < -0.4 is 16.2 Å². The number of alkyl halides is 3. The lowest BCUT2D eigenvalue weighted by Gasteiger charge is -2.30. The van der Waals surface area contributed by atoms with Crippen LogP contribution >= 0.6 is 0 Å². The first-order valence-corrected chi connectivity index (χ1v) is 10.6. The minimum atomic E-state index is -5.16. The van der Waals surface area contributed by atoms with Gasteiger partial charge in [-0.3, -0.25) is 0 Å². The molecule has 12 heteroatoms. The molecule has 6 N–H and O–H groups in total. The Balaban J connectivity index is 2.07. The molecule has 3 aromatic rings. The van der Waals surface area contributed by atoms with Gasteiger partial charge in [0.2, 0.25) is 0 Å². The number of nitrogens with zero attached hydrogens (tertiary/aromatic N) is 1. The molecule has 2 heterocycles. The van der Waals surface area contributed by atoms with Gasteiger partial charge in [-0.1, -0.05) is 12.1 Å². The van der Waals surface area contributed by atoms with Crippen molar-refractivity contribution in [3.8, 4) is 17.0 Å². The fourth-order valence-corrected chi connectivity index (χ4v) is 4.11. The van der Waals surface area contributed by atoms with E-state index in [0.29, 0.717) is 0 Å². The third kappa shape index (κ3) is 4.09. The van der Waals surface area contributed by atoms with E-state index in [0.717, 1.165) is 12.1 Å². The second kappa shape index (κ2) is 8.73. The topological polar surface area (TPSA) is 115 Å². The zero-order valence-electron chi connectivity index (χ0n) is 18.7. The highest BCUT2D eigenvalue weighted by Crippen LogP contribution is 2.48. The van der Waals surface area contributed by atoms with Gasteiger partial charge < -0.3 is 26.4 Å². The number of fused-ring (bicyclic) bond motifs is 1. The zero-order valence-corrected chi connectivity index (χ0v) is 18.7. The second-order valence-corrected chi connectivity index (χ2v) is 8.77. The van der Waals surface area contributed by atoms with Crippen molar-refractivity contribution >= 4 is 0 Å². The summed E-state index contributed by atoms with van der Waals surface area (Å²) in [6.07, 6.45) is -6.71. The Bertz CT molecular complexity index is 1330. The number of aliphatic hydroxyl groups is 2. The maximum atomic E-state index is 14.9. The van der Waals surface area contributed by atoms with Gasteiger partial charge in [-0.15, -0.1) is 0 Å². The van der Waals surface area contributed by atoms with Gasteiger partial charge in [-0.05, 0) is 36.8 Å². The van der Waals surface area contributed by atoms with Gasteiger partial charge in [0, 0.05) is 23.7 Å². The Morgan fingerprint density at radius 2 is 1.81 bits per heavy atom. The summed E-state index contributed by atoms with van der Waals surface area (Å²) in [6.45, 7) is 0.640. The van der Waals surface area contributed by atoms with Crippen LogP contribution in [0.5, 0.6) is 5.75 Å². The molecule has 1 unspecified atom stereocenters. The SMILES string of the molecule is C[C@]1(C(N)O)COc2c1cc([C@@](O)(CN)c1cccc(F)c1)nc2-c1cc(C(F)(F)F)c(F)cc1F. The fraction of sp³-hybridized carbons (Fsp3) is 0.292. The van der Waals surface area contributed by atoms with E-state index in [1.165, 1.54) is 25.1 Å². The molecular weight excluding hydrogens is 492 g/mol. The standard InChI is InChI=1S/C24H21F6N3O3/c1-22(21(32)34)10-36-20-15(22)7-18(23(35,9-31)11-3-2-4-12(25)5-11)33-19(20)13-6-14(24(28,29)30)17(27)8-16(13)26/h2-8,21,34-35H,9-10,31-32H2,1H3/t21?,22-,23+/m0/s1. The molecule has 1 aliphatic heterocycles. The van der Waals surface area contributed by atoms with Crippen molar-refractivity contribution in [3.63, 3.8) is 0 Å². The Morgan fingerprint density at radius 3 is 2.39 bits per heavy atom. The van der Waals surface area contributed by atoms with Gasteiger partial charge in [0.15, 0.2) is 0 Å². The number of pyridine rings is 1. The molecule has 6 nitrogen and oxygen atoms in total. The predicted molar refractivity (Wildman–Crippen MR) is 116 cm³/mol. The third-order valence-electron chi connectivity index (χ3n) is 6.40. The highest BCUT2D eigenvalue weighted by atomic mass is 19.4. The molecule has 0 bridgehead atoms. The molecule has 0 aliphatic carbocycles. The van der Waals surface area contributed by atoms with Crippen LogP contribution in [0.1, 0.15) is 29.3 Å². The molecule has 0 amide bonds. The monoisotopic (exact) mass is 513 g/mol. The van der Waals surface area contributed by atoms with Gasteiger partial charge in [0.05, 0.1) is 16.7 Å². The molecule has 4 rings (SSSR count). The van der Waals surface area contributed by atoms with Crippen LogP contribution in [-0.4, -0.2) is 34.6 Å². The molecule has 0 saturated heterocycles. The van der Waals surface area contributed by atoms with E-state index in [1.807, 2.05) is 0 Å². The first-order chi connectivity index (χ1) is 16.7. The number of ether oxygens (including phenoxy) is 1. The molecule has 192 valence electrons. The summed E-state index contributed by atoms with van der Waals surface area (Å²) in [4.78, 5) is 4.17. The summed E-state index contributed by atoms with van der Waals surface area (Å²) in [5, 5.41) is 21.7. The van der Waals surface area contributed by atoms with Crippen molar-refractivity contribution in [2.45, 2.75) is 30.3 Å². The predicted octanol–water partition coefficient (Wildman–Crippen LogP) is 3.31. The molecule has 1 aliphatic rings. The smallest absolute Gasteiger partial charge is 0.419 e. The Labute approximate surface area is 201 Å². The van der Waals surface area contributed by atoms with Crippen molar-refractivity contribution in [2.24, 2.45) is 11.5 Å². The average Bonchev–Trinajstić information content (AvgIpc) is 3.15. The maximum Gasteiger partial charge on any atom is 0.419 e. The number of rotatable bonds is 5. The second-order valence-electron chi connectivity index (χ2n) is 8.77. The number of nitrogens with two attached hydrogens (primary N) is 2. The normalized spacial score (nSPS) is 20.0. The van der Waals surface area contributed by atoms with E-state index in [9.17, 15) is 36.6 Å². The molecule has 36 heavy (non-hydrogen) atoms. The number of aromatic nitrogens is 1. The number of hydrogen-bond donors (Lipinski definition) is 4. The van der Waals surface area contributed by atoms with Crippen molar-refractivity contribution < 1.29 is 41.3 Å². The van der Waals surface area contributed by atoms with Gasteiger partial charge in [-0.2, -0.15) is 13.2 Å². The van der Waals surface area contributed by atoms with E-state index >= 15 is 0 Å². The van der Waals surface area contributed by atoms with Gasteiger partial charge in [0.1, 0.15) is 47.3 Å². The Hall–Kier alpha value is -3.19. The number of halogens is 6. The van der Waals surface area contributed by atoms with Gasteiger partial charge >= 0.3 is 6.18 Å². The first-order valence-electron chi connectivity index (χ1n) is 10.6. The molecule has 0 radical (unpaired) electrons. The van der Waals surface area contributed by atoms with Crippen molar-refractivity contribution in [1.82, 2.24) is 4.98 Å². The summed E-state index contributed by atoms with van der Waals surface area (Å²) in [6, 6.07) is 6.29. The third-order valence-corrected chi connectivity index (χ3v) is 6.40. The van der Waals surface area contributed by atoms with E-state index in [2.05, 4.69) is 4.98 Å². The van der Waals surface area contributed by atoms with E-state index in [1.54, 1.807) is 0 Å². The van der Waals surface area contributed by atoms with E-state index in [4.69, 9.17) is 16.2 Å². The fourth-order valence-electron chi connectivity index (χ4n) is 4.11. The largest absolute Gasteiger partial charge is 0.490 e. The molecular formula is C24H21F6N3O3. The number of benzene rings is 2. The summed E-state index contributed by atoms with van der Waals surface area (Å²) < 4.78 is 88.6. The minimum Gasteiger partial charge on any atom is -0.490 e. The molecule has 3 atom stereocenters. The summed E-state index contributed by atoms with van der Waals surface area (Å²) in [5.41, 5.74) is 4.68. The zero-order chi connectivity index (χ0) is 26.6. The molecule has 0 saturated carbocycles. The van der Waals surface area contributed by atoms with Crippen LogP contribution in [0.4, 0.5) is 26.3 Å². The Kier molecular flexibility index (Phi) is 6.28. The highest BCUT2D eigenvalue weighted by molar-refractivity contribution is 5.72. The highest BCUT2D eigenvalue weighted by Gasteiger charge is 2.46. The summed E-state index contributed by atoms with van der Waals surface area (Å²) >= 11 is 0. The van der Waals surface area contributed by atoms with Crippen LogP contribution in [0.2, 0.25) is 0 Å². The van der Waals surface area contributed by atoms with Crippen LogP contribution in [0.25, 0.3) is 11.3 Å². The quantitative estimate of drug-likeness (QED) is 0.308. The van der Waals surface area contributed by atoms with Crippen molar-refractivity contribution in [1.29, 1.82) is 0 Å². The van der Waals surface area contributed by atoms with Crippen molar-refractivity contribution in [3.05, 3.63) is 82.3 Å².